The highest BCUT2D eigenvalue weighted by Gasteiger charge is 2.28. The number of nitrogens with one attached hydrogen (secondary N) is 2. The number of hydrogen-bond donors (Lipinski definition) is 3. The number of urea groups is 1. The molecule has 0 aromatic heterocycles. The van der Waals surface area contributed by atoms with Crippen LogP contribution in [0.2, 0.25) is 5.02 Å². The summed E-state index contributed by atoms with van der Waals surface area (Å²) in [5.74, 6) is -1.76. The molecule has 21 heavy (non-hydrogen) atoms. The van der Waals surface area contributed by atoms with Crippen LogP contribution in [0.4, 0.5) is 14.9 Å². The van der Waals surface area contributed by atoms with E-state index in [9.17, 15) is 14.0 Å². The smallest absolute Gasteiger partial charge is 0.319 e. The normalized spacial score (nSPS) is 12.6. The Labute approximate surface area is 127 Å². The Morgan fingerprint density at radius 1 is 1.38 bits per heavy atom. The van der Waals surface area contributed by atoms with Crippen molar-refractivity contribution in [1.29, 1.82) is 0 Å². The van der Waals surface area contributed by atoms with Gasteiger partial charge >= 0.3 is 12.0 Å². The van der Waals surface area contributed by atoms with E-state index >= 15 is 0 Å². The highest BCUT2D eigenvalue weighted by Crippen LogP contribution is 2.24. The third kappa shape index (κ3) is 5.23. The zero-order chi connectivity index (χ0) is 16.2. The molecule has 0 saturated carbocycles. The fourth-order valence-corrected chi connectivity index (χ4v) is 1.84. The van der Waals surface area contributed by atoms with Gasteiger partial charge in [0.05, 0.1) is 17.1 Å². The van der Waals surface area contributed by atoms with E-state index in [2.05, 4.69) is 10.6 Å². The van der Waals surface area contributed by atoms with Gasteiger partial charge in [0.25, 0.3) is 0 Å². The maximum Gasteiger partial charge on any atom is 0.319 e. The van der Waals surface area contributed by atoms with Crippen LogP contribution < -0.4 is 10.6 Å². The molecular weight excluding hydrogens is 299 g/mol. The fraction of sp³-hybridized carbons (Fsp3) is 0.429. The van der Waals surface area contributed by atoms with Gasteiger partial charge in [-0.05, 0) is 17.5 Å². The Morgan fingerprint density at radius 3 is 2.52 bits per heavy atom. The van der Waals surface area contributed by atoms with Gasteiger partial charge in [0.15, 0.2) is 5.82 Å². The van der Waals surface area contributed by atoms with Crippen LogP contribution >= 0.6 is 11.6 Å². The average Bonchev–Trinajstić information content (AvgIpc) is 2.32. The number of aliphatic carboxylic acids is 1. The van der Waals surface area contributed by atoms with Gasteiger partial charge in [0.1, 0.15) is 0 Å². The molecule has 1 rings (SSSR count). The molecule has 1 unspecified atom stereocenters. The van der Waals surface area contributed by atoms with Gasteiger partial charge in [0, 0.05) is 6.04 Å². The summed E-state index contributed by atoms with van der Waals surface area (Å²) in [6.07, 6.45) is -0.227. The molecule has 0 saturated heterocycles. The van der Waals surface area contributed by atoms with E-state index in [4.69, 9.17) is 16.7 Å². The third-order valence-corrected chi connectivity index (χ3v) is 3.22. The molecule has 116 valence electrons. The molecule has 0 aliphatic rings. The summed E-state index contributed by atoms with van der Waals surface area (Å²) in [5, 5.41) is 13.6. The molecule has 2 amide bonds. The van der Waals surface area contributed by atoms with Crippen molar-refractivity contribution in [2.45, 2.75) is 33.2 Å². The summed E-state index contributed by atoms with van der Waals surface area (Å²) < 4.78 is 13.7. The van der Waals surface area contributed by atoms with Gasteiger partial charge in [-0.25, -0.2) is 9.18 Å². The molecule has 1 aromatic rings. The van der Waals surface area contributed by atoms with Gasteiger partial charge < -0.3 is 15.7 Å². The van der Waals surface area contributed by atoms with Crippen molar-refractivity contribution in [3.05, 3.63) is 29.0 Å². The van der Waals surface area contributed by atoms with Gasteiger partial charge in [-0.15, -0.1) is 0 Å². The summed E-state index contributed by atoms with van der Waals surface area (Å²) >= 11 is 5.62. The van der Waals surface area contributed by atoms with Crippen molar-refractivity contribution in [3.8, 4) is 0 Å². The number of halogens is 2. The van der Waals surface area contributed by atoms with Crippen molar-refractivity contribution in [3.63, 3.8) is 0 Å². The predicted octanol–water partition coefficient (Wildman–Crippen LogP) is 3.49. The monoisotopic (exact) mass is 316 g/mol. The second-order valence-corrected chi connectivity index (χ2v) is 6.12. The van der Waals surface area contributed by atoms with Crippen molar-refractivity contribution < 1.29 is 19.1 Å². The van der Waals surface area contributed by atoms with Crippen LogP contribution in [0.5, 0.6) is 0 Å². The Bertz CT molecular complexity index is 544. The Hall–Kier alpha value is -1.82. The van der Waals surface area contributed by atoms with Crippen molar-refractivity contribution >= 4 is 29.3 Å². The van der Waals surface area contributed by atoms with E-state index in [0.29, 0.717) is 0 Å². The Kier molecular flexibility index (Phi) is 5.54. The molecule has 3 N–H and O–H groups in total. The van der Waals surface area contributed by atoms with E-state index < -0.39 is 29.3 Å². The molecule has 5 nitrogen and oxygen atoms in total. The van der Waals surface area contributed by atoms with E-state index in [1.54, 1.807) is 20.8 Å². The summed E-state index contributed by atoms with van der Waals surface area (Å²) in [4.78, 5) is 22.7. The minimum atomic E-state index is -1.02. The molecule has 0 heterocycles. The number of rotatable bonds is 4. The molecule has 1 aromatic carbocycles. The molecule has 1 atom stereocenters. The first kappa shape index (κ1) is 17.2. The van der Waals surface area contributed by atoms with Crippen LogP contribution in [0.25, 0.3) is 0 Å². The number of hydrogen-bond acceptors (Lipinski definition) is 2. The number of carboxylic acids is 1. The lowest BCUT2D eigenvalue weighted by Crippen LogP contribution is -2.46. The first-order chi connectivity index (χ1) is 9.61. The van der Waals surface area contributed by atoms with Gasteiger partial charge in [0.2, 0.25) is 0 Å². The fourth-order valence-electron chi connectivity index (χ4n) is 1.67. The zero-order valence-corrected chi connectivity index (χ0v) is 12.8. The minimum absolute atomic E-state index is 0.0667. The van der Waals surface area contributed by atoms with E-state index in [1.807, 2.05) is 0 Å². The largest absolute Gasteiger partial charge is 0.481 e. The Balaban J connectivity index is 2.79. The first-order valence-corrected chi connectivity index (χ1v) is 6.72. The second kappa shape index (κ2) is 6.76. The SMILES string of the molecule is CC(C)(C)C(CC(=O)O)NC(=O)Nc1cccc(Cl)c1F. The molecule has 7 heteroatoms. The Morgan fingerprint density at radius 2 is 2.00 bits per heavy atom. The lowest BCUT2D eigenvalue weighted by atomic mass is 9.85. The van der Waals surface area contributed by atoms with Crippen molar-refractivity contribution in [2.24, 2.45) is 5.41 Å². The maximum atomic E-state index is 13.7. The molecule has 0 fully saturated rings. The number of carbonyl (C=O) groups excluding carboxylic acids is 1. The number of carbonyl (C=O) groups is 2. The quantitative estimate of drug-likeness (QED) is 0.795. The number of benzene rings is 1. The molecule has 0 radical (unpaired) electrons. The van der Waals surface area contributed by atoms with E-state index in [0.717, 1.165) is 0 Å². The molecule has 0 aliphatic carbocycles. The van der Waals surface area contributed by atoms with Gasteiger partial charge in [-0.2, -0.15) is 0 Å². The lowest BCUT2D eigenvalue weighted by molar-refractivity contribution is -0.138. The number of anilines is 1. The summed E-state index contributed by atoms with van der Waals surface area (Å²) in [6.45, 7) is 5.42. The number of carboxylic acid groups (broad SMARTS) is 1. The highest BCUT2D eigenvalue weighted by atomic mass is 35.5. The van der Waals surface area contributed by atoms with E-state index in [1.165, 1.54) is 18.2 Å². The standard InChI is InChI=1S/C14H18ClFN2O3/c1-14(2,3)10(7-11(19)20)18-13(21)17-9-6-4-5-8(15)12(9)16/h4-6,10H,7H2,1-3H3,(H,19,20)(H2,17,18,21). The topological polar surface area (TPSA) is 78.4 Å². The summed E-state index contributed by atoms with van der Waals surface area (Å²) in [7, 11) is 0. The average molecular weight is 317 g/mol. The molecular formula is C14H18ClFN2O3. The maximum absolute atomic E-state index is 13.7. The van der Waals surface area contributed by atoms with Crippen LogP contribution in [-0.2, 0) is 4.79 Å². The van der Waals surface area contributed by atoms with Gasteiger partial charge in [-0.1, -0.05) is 38.4 Å². The summed E-state index contributed by atoms with van der Waals surface area (Å²) in [5.41, 5.74) is -0.522. The van der Waals surface area contributed by atoms with Crippen molar-refractivity contribution in [2.75, 3.05) is 5.32 Å². The first-order valence-electron chi connectivity index (χ1n) is 6.34. The van der Waals surface area contributed by atoms with Crippen LogP contribution in [-0.4, -0.2) is 23.1 Å². The zero-order valence-electron chi connectivity index (χ0n) is 12.0. The lowest BCUT2D eigenvalue weighted by Gasteiger charge is -2.30. The summed E-state index contributed by atoms with van der Waals surface area (Å²) in [6, 6.07) is 2.95. The van der Waals surface area contributed by atoms with Crippen LogP contribution in [0.15, 0.2) is 18.2 Å². The van der Waals surface area contributed by atoms with Crippen LogP contribution in [0.3, 0.4) is 0 Å². The second-order valence-electron chi connectivity index (χ2n) is 5.72. The highest BCUT2D eigenvalue weighted by molar-refractivity contribution is 6.31. The van der Waals surface area contributed by atoms with E-state index in [-0.39, 0.29) is 17.1 Å². The predicted molar refractivity (Wildman–Crippen MR) is 79.1 cm³/mol. The molecule has 0 bridgehead atoms. The third-order valence-electron chi connectivity index (χ3n) is 2.93. The minimum Gasteiger partial charge on any atom is -0.481 e. The van der Waals surface area contributed by atoms with Gasteiger partial charge in [-0.3, -0.25) is 4.79 Å². The number of amides is 2. The van der Waals surface area contributed by atoms with Crippen LogP contribution in [0, 0.1) is 11.2 Å². The molecule has 0 spiro atoms. The molecule has 0 aliphatic heterocycles. The van der Waals surface area contributed by atoms with Crippen LogP contribution in [0.1, 0.15) is 27.2 Å². The van der Waals surface area contributed by atoms with Crippen molar-refractivity contribution in [1.82, 2.24) is 5.32 Å².